The third-order valence-electron chi connectivity index (χ3n) is 6.83. The van der Waals surface area contributed by atoms with Gasteiger partial charge in [-0.15, -0.1) is 0 Å². The van der Waals surface area contributed by atoms with Crippen LogP contribution in [0.2, 0.25) is 0 Å². The number of amides is 1. The molecule has 0 bridgehead atoms. The van der Waals surface area contributed by atoms with Gasteiger partial charge in [-0.2, -0.15) is 0 Å². The maximum absolute atomic E-state index is 12.2. The zero-order valence-corrected chi connectivity index (χ0v) is 29.5. The van der Waals surface area contributed by atoms with Crippen LogP contribution in [0.5, 0.6) is 0 Å². The molecule has 0 radical (unpaired) electrons. The van der Waals surface area contributed by atoms with Crippen LogP contribution >= 0.6 is 7.82 Å². The quantitative estimate of drug-likeness (QED) is 0.0248. The van der Waals surface area contributed by atoms with Crippen LogP contribution in [0.3, 0.4) is 0 Å². The summed E-state index contributed by atoms with van der Waals surface area (Å²) in [5, 5.41) is 21.6. The Kier molecular flexibility index (Phi) is 29.1. The first-order valence-electron chi connectivity index (χ1n) is 17.2. The molecule has 4 N–H and O–H groups in total. The highest BCUT2D eigenvalue weighted by molar-refractivity contribution is 7.47. The molecule has 0 aromatic carbocycles. The van der Waals surface area contributed by atoms with Crippen molar-refractivity contribution in [1.29, 1.82) is 0 Å². The first kappa shape index (κ1) is 44.4. The average Bonchev–Trinajstić information content (AvgIpc) is 3.04. The van der Waals surface area contributed by atoms with Gasteiger partial charge < -0.3 is 25.2 Å². The van der Waals surface area contributed by atoms with E-state index in [1.165, 1.54) is 0 Å². The van der Waals surface area contributed by atoms with Gasteiger partial charge in [-0.1, -0.05) is 94.6 Å². The van der Waals surface area contributed by atoms with Crippen molar-refractivity contribution in [3.05, 3.63) is 48.6 Å². The number of carbonyl (C=O) groups excluding carboxylic acids is 2. The summed E-state index contributed by atoms with van der Waals surface area (Å²) in [5.74, 6) is -2.44. The van der Waals surface area contributed by atoms with E-state index in [9.17, 15) is 34.1 Å². The number of hydrogen-bond donors (Lipinski definition) is 4. The highest BCUT2D eigenvalue weighted by Gasteiger charge is 2.28. The Hall–Kier alpha value is -2.56. The summed E-state index contributed by atoms with van der Waals surface area (Å²) in [5.41, 5.74) is 0. The molecule has 3 unspecified atom stereocenters. The number of carbonyl (C=O) groups is 3. The summed E-state index contributed by atoms with van der Waals surface area (Å²) in [6.45, 7) is 2.33. The second-order valence-electron chi connectivity index (χ2n) is 11.3. The topological polar surface area (TPSA) is 169 Å². The minimum Gasteiger partial charge on any atom is -0.480 e. The number of phosphoric ester groups is 1. The molecular formula is C35H60NO10P. The largest absolute Gasteiger partial charge is 0.480 e. The fourth-order valence-corrected chi connectivity index (χ4v) is 4.92. The third kappa shape index (κ3) is 30.5. The second-order valence-corrected chi connectivity index (χ2v) is 12.8. The van der Waals surface area contributed by atoms with Crippen molar-refractivity contribution in [2.75, 3.05) is 19.8 Å². The van der Waals surface area contributed by atoms with Gasteiger partial charge in [0, 0.05) is 12.8 Å². The number of esters is 1. The molecule has 12 heteroatoms. The van der Waals surface area contributed by atoms with Crippen molar-refractivity contribution in [3.8, 4) is 0 Å². The van der Waals surface area contributed by atoms with Gasteiger partial charge in [0.05, 0.1) is 13.2 Å². The lowest BCUT2D eigenvalue weighted by Crippen LogP contribution is -2.43. The summed E-state index contributed by atoms with van der Waals surface area (Å²) < 4.78 is 26.6. The summed E-state index contributed by atoms with van der Waals surface area (Å²) in [6, 6.07) is -1.56. The van der Waals surface area contributed by atoms with Crippen LogP contribution in [-0.2, 0) is 32.7 Å². The Bertz CT molecular complexity index is 995. The number of hydrogen-bond acceptors (Lipinski definition) is 8. The first-order valence-corrected chi connectivity index (χ1v) is 18.7. The number of ether oxygens (including phenoxy) is 1. The minimum atomic E-state index is -4.75. The summed E-state index contributed by atoms with van der Waals surface area (Å²) in [4.78, 5) is 45.5. The maximum Gasteiger partial charge on any atom is 0.472 e. The minimum absolute atomic E-state index is 0.108. The predicted octanol–water partition coefficient (Wildman–Crippen LogP) is 7.49. The molecule has 3 atom stereocenters. The van der Waals surface area contributed by atoms with Gasteiger partial charge in [-0.05, 0) is 64.2 Å². The number of aliphatic carboxylic acids is 1. The number of aliphatic hydroxyl groups excluding tert-OH is 1. The molecule has 0 aromatic rings. The third-order valence-corrected chi connectivity index (χ3v) is 7.78. The number of carboxylic acids is 1. The number of unbranched alkanes of at least 4 members (excludes halogenated alkanes) is 9. The molecule has 0 saturated heterocycles. The molecule has 0 heterocycles. The SMILES string of the molecule is CC/C=C\C/C=C\C/C=C\CCCCCC(=O)NC(COP(=O)(O)OCC(O)COC(=O)CCCCCCC/C=C\CCC)C(=O)O. The molecule has 11 nitrogen and oxygen atoms in total. The lowest BCUT2D eigenvalue weighted by atomic mass is 10.1. The fourth-order valence-electron chi connectivity index (χ4n) is 4.15. The molecule has 0 aromatic heterocycles. The van der Waals surface area contributed by atoms with E-state index < -0.39 is 57.6 Å². The molecule has 270 valence electrons. The number of phosphoric acid groups is 1. The fraction of sp³-hybridized carbons (Fsp3) is 0.686. The Labute approximate surface area is 282 Å². The van der Waals surface area contributed by atoms with Gasteiger partial charge in [0.15, 0.2) is 6.04 Å². The highest BCUT2D eigenvalue weighted by Crippen LogP contribution is 2.43. The maximum atomic E-state index is 12.2. The van der Waals surface area contributed by atoms with Crippen molar-refractivity contribution in [2.45, 2.75) is 135 Å². The average molecular weight is 686 g/mol. The van der Waals surface area contributed by atoms with Crippen LogP contribution in [0.25, 0.3) is 0 Å². The van der Waals surface area contributed by atoms with E-state index in [1.54, 1.807) is 0 Å². The van der Waals surface area contributed by atoms with E-state index in [1.807, 2.05) is 0 Å². The van der Waals surface area contributed by atoms with Gasteiger partial charge in [0.2, 0.25) is 5.91 Å². The van der Waals surface area contributed by atoms with Crippen LogP contribution in [0.4, 0.5) is 0 Å². The molecule has 0 fully saturated rings. The standard InChI is InChI=1S/C35H60NO10P/c1-3-5-7-9-11-13-15-16-17-18-20-22-24-26-33(38)36-32(35(40)41)30-46-47(42,43)45-29-31(37)28-44-34(39)27-25-23-21-19-14-12-10-8-6-4-2/h5,7-8,10-11,13,16-17,31-32,37H,3-4,6,9,12,14-15,18-30H2,1-2H3,(H,36,38)(H,40,41)(H,42,43)/b7-5-,10-8-,13-11-,17-16-. The van der Waals surface area contributed by atoms with Crippen LogP contribution in [-0.4, -0.2) is 64.9 Å². The zero-order valence-electron chi connectivity index (χ0n) is 28.6. The summed E-state index contributed by atoms with van der Waals surface area (Å²) in [6.07, 6.45) is 30.2. The van der Waals surface area contributed by atoms with Crippen molar-refractivity contribution < 1.29 is 47.8 Å². The zero-order chi connectivity index (χ0) is 35.0. The van der Waals surface area contributed by atoms with Crippen molar-refractivity contribution in [3.63, 3.8) is 0 Å². The molecule has 0 rings (SSSR count). The Morgan fingerprint density at radius 1 is 0.702 bits per heavy atom. The smallest absolute Gasteiger partial charge is 0.472 e. The molecule has 0 spiro atoms. The number of carboxylic acid groups (broad SMARTS) is 1. The van der Waals surface area contributed by atoms with E-state index in [0.29, 0.717) is 12.8 Å². The van der Waals surface area contributed by atoms with Gasteiger partial charge >= 0.3 is 19.8 Å². The van der Waals surface area contributed by atoms with E-state index in [4.69, 9.17) is 13.8 Å². The Morgan fingerprint density at radius 3 is 1.89 bits per heavy atom. The second kappa shape index (κ2) is 30.8. The number of rotatable bonds is 31. The van der Waals surface area contributed by atoms with Crippen LogP contribution < -0.4 is 5.32 Å². The predicted molar refractivity (Wildman–Crippen MR) is 185 cm³/mol. The van der Waals surface area contributed by atoms with Crippen LogP contribution in [0, 0.1) is 0 Å². The molecular weight excluding hydrogens is 625 g/mol. The summed E-state index contributed by atoms with van der Waals surface area (Å²) in [7, 11) is -4.75. The van der Waals surface area contributed by atoms with Crippen molar-refractivity contribution >= 4 is 25.7 Å². The molecule has 0 saturated carbocycles. The summed E-state index contributed by atoms with van der Waals surface area (Å²) >= 11 is 0. The number of aliphatic hydroxyl groups is 1. The van der Waals surface area contributed by atoms with Gasteiger partial charge in [0.1, 0.15) is 12.7 Å². The lowest BCUT2D eigenvalue weighted by molar-refractivity contribution is -0.147. The van der Waals surface area contributed by atoms with Crippen LogP contribution in [0.1, 0.15) is 123 Å². The lowest BCUT2D eigenvalue weighted by Gasteiger charge is -2.18. The van der Waals surface area contributed by atoms with Gasteiger partial charge in [-0.3, -0.25) is 18.6 Å². The van der Waals surface area contributed by atoms with E-state index in [0.717, 1.165) is 83.5 Å². The van der Waals surface area contributed by atoms with Gasteiger partial charge in [0.25, 0.3) is 0 Å². The molecule has 47 heavy (non-hydrogen) atoms. The molecule has 1 amide bonds. The molecule has 0 aliphatic rings. The normalized spacial score (nSPS) is 14.6. The molecule has 0 aliphatic carbocycles. The number of allylic oxidation sites excluding steroid dienone is 8. The Balaban J connectivity index is 4.09. The van der Waals surface area contributed by atoms with Gasteiger partial charge in [-0.25, -0.2) is 9.36 Å². The monoisotopic (exact) mass is 685 g/mol. The first-order chi connectivity index (χ1) is 22.6. The van der Waals surface area contributed by atoms with E-state index in [2.05, 4.69) is 67.8 Å². The molecule has 0 aliphatic heterocycles. The Morgan fingerprint density at radius 2 is 1.23 bits per heavy atom. The van der Waals surface area contributed by atoms with E-state index in [-0.39, 0.29) is 12.8 Å². The van der Waals surface area contributed by atoms with Crippen molar-refractivity contribution in [2.24, 2.45) is 0 Å². The van der Waals surface area contributed by atoms with E-state index >= 15 is 0 Å². The number of nitrogens with one attached hydrogen (secondary N) is 1. The van der Waals surface area contributed by atoms with Crippen molar-refractivity contribution in [1.82, 2.24) is 5.32 Å². The highest BCUT2D eigenvalue weighted by atomic mass is 31.2. The van der Waals surface area contributed by atoms with Crippen LogP contribution in [0.15, 0.2) is 48.6 Å².